The Balaban J connectivity index is 0.000000168. The highest BCUT2D eigenvalue weighted by molar-refractivity contribution is 5.73. The van der Waals surface area contributed by atoms with E-state index in [9.17, 15) is 13.2 Å². The van der Waals surface area contributed by atoms with Crippen molar-refractivity contribution < 1.29 is 23.1 Å². The molecule has 1 saturated heterocycles. The van der Waals surface area contributed by atoms with Crippen molar-refractivity contribution in [2.24, 2.45) is 0 Å². The molecule has 0 spiro atoms. The number of halogens is 3. The van der Waals surface area contributed by atoms with E-state index in [1.165, 1.54) is 45.2 Å². The lowest BCUT2D eigenvalue weighted by molar-refractivity contribution is -0.192. The molecule has 0 bridgehead atoms. The highest BCUT2D eigenvalue weighted by atomic mass is 19.4. The summed E-state index contributed by atoms with van der Waals surface area (Å²) < 4.78 is 31.7. The van der Waals surface area contributed by atoms with Gasteiger partial charge in [0.15, 0.2) is 0 Å². The molecular weight excluding hydrogens is 223 g/mol. The van der Waals surface area contributed by atoms with Crippen molar-refractivity contribution in [1.82, 2.24) is 4.90 Å². The Hall–Kier alpha value is -0.780. The minimum absolute atomic E-state index is 1.02. The zero-order valence-electron chi connectivity index (χ0n) is 8.96. The first kappa shape index (κ1) is 13.3. The van der Waals surface area contributed by atoms with Crippen molar-refractivity contribution in [2.45, 2.75) is 44.3 Å². The van der Waals surface area contributed by atoms with E-state index in [-0.39, 0.29) is 0 Å². The van der Waals surface area contributed by atoms with Crippen LogP contribution in [0.25, 0.3) is 0 Å². The molecule has 1 heterocycles. The summed E-state index contributed by atoms with van der Waals surface area (Å²) in [5.41, 5.74) is 0. The van der Waals surface area contributed by atoms with Crippen LogP contribution < -0.4 is 0 Å². The van der Waals surface area contributed by atoms with E-state index >= 15 is 0 Å². The van der Waals surface area contributed by atoms with Gasteiger partial charge in [-0.2, -0.15) is 13.2 Å². The van der Waals surface area contributed by atoms with E-state index in [2.05, 4.69) is 4.90 Å². The normalized spacial score (nSPS) is 22.2. The fourth-order valence-corrected chi connectivity index (χ4v) is 1.72. The topological polar surface area (TPSA) is 40.5 Å². The molecule has 2 rings (SSSR count). The molecule has 6 heteroatoms. The van der Waals surface area contributed by atoms with Gasteiger partial charge >= 0.3 is 12.1 Å². The average Bonchev–Trinajstić information content (AvgIpc) is 3.02. The maximum absolute atomic E-state index is 10.6. The number of rotatable bonds is 1. The van der Waals surface area contributed by atoms with E-state index in [0.29, 0.717) is 0 Å². The minimum atomic E-state index is -5.08. The average molecular weight is 239 g/mol. The fraction of sp³-hybridized carbons (Fsp3) is 0.900. The van der Waals surface area contributed by atoms with E-state index in [4.69, 9.17) is 9.90 Å². The summed E-state index contributed by atoms with van der Waals surface area (Å²) in [7, 11) is 0. The third-order valence-corrected chi connectivity index (χ3v) is 2.70. The summed E-state index contributed by atoms with van der Waals surface area (Å²) >= 11 is 0. The number of hydrogen-bond donors (Lipinski definition) is 1. The molecule has 1 N–H and O–H groups in total. The second-order valence-electron chi connectivity index (χ2n) is 4.13. The number of hydrogen-bond acceptors (Lipinski definition) is 2. The van der Waals surface area contributed by atoms with Gasteiger partial charge in [-0.1, -0.05) is 6.42 Å². The number of likely N-dealkylation sites (tertiary alicyclic amines) is 1. The van der Waals surface area contributed by atoms with Crippen molar-refractivity contribution in [1.29, 1.82) is 0 Å². The van der Waals surface area contributed by atoms with Crippen molar-refractivity contribution in [3.05, 3.63) is 0 Å². The highest BCUT2D eigenvalue weighted by Crippen LogP contribution is 2.28. The van der Waals surface area contributed by atoms with Gasteiger partial charge in [0, 0.05) is 6.04 Å². The Morgan fingerprint density at radius 1 is 1.12 bits per heavy atom. The second kappa shape index (κ2) is 5.52. The molecule has 0 amide bonds. The SMILES string of the molecule is C1CCN(C2CC2)CC1.O=C(O)C(F)(F)F. The van der Waals surface area contributed by atoms with Crippen molar-refractivity contribution in [3.63, 3.8) is 0 Å². The molecule has 3 nitrogen and oxygen atoms in total. The first-order chi connectivity index (χ1) is 7.41. The molecule has 1 aliphatic carbocycles. The van der Waals surface area contributed by atoms with E-state index < -0.39 is 12.1 Å². The first-order valence-corrected chi connectivity index (χ1v) is 5.45. The van der Waals surface area contributed by atoms with E-state index in [1.807, 2.05) is 0 Å². The lowest BCUT2D eigenvalue weighted by atomic mass is 10.1. The molecule has 1 aliphatic heterocycles. The summed E-state index contributed by atoms with van der Waals surface area (Å²) in [5.74, 6) is -2.76. The van der Waals surface area contributed by atoms with Gasteiger partial charge in [0.05, 0.1) is 0 Å². The quantitative estimate of drug-likeness (QED) is 0.763. The van der Waals surface area contributed by atoms with Crippen LogP contribution in [0.5, 0.6) is 0 Å². The second-order valence-corrected chi connectivity index (χ2v) is 4.13. The smallest absolute Gasteiger partial charge is 0.475 e. The summed E-state index contributed by atoms with van der Waals surface area (Å²) in [6.45, 7) is 2.79. The molecule has 1 saturated carbocycles. The lowest BCUT2D eigenvalue weighted by Gasteiger charge is -2.25. The largest absolute Gasteiger partial charge is 0.490 e. The maximum Gasteiger partial charge on any atom is 0.490 e. The number of piperidine rings is 1. The lowest BCUT2D eigenvalue weighted by Crippen LogP contribution is -2.31. The van der Waals surface area contributed by atoms with Gasteiger partial charge in [0.1, 0.15) is 0 Å². The summed E-state index contributed by atoms with van der Waals surface area (Å²) in [4.78, 5) is 11.6. The predicted octanol–water partition coefficient (Wildman–Crippen LogP) is 2.27. The summed E-state index contributed by atoms with van der Waals surface area (Å²) in [6, 6.07) is 1.02. The van der Waals surface area contributed by atoms with Crippen LogP contribution in [0.15, 0.2) is 0 Å². The molecule has 0 aromatic rings. The molecule has 2 aliphatic rings. The van der Waals surface area contributed by atoms with Gasteiger partial charge in [-0.05, 0) is 38.8 Å². The van der Waals surface area contributed by atoms with Crippen molar-refractivity contribution in [2.75, 3.05) is 13.1 Å². The van der Waals surface area contributed by atoms with Crippen LogP contribution in [0.1, 0.15) is 32.1 Å². The van der Waals surface area contributed by atoms with Crippen LogP contribution in [-0.4, -0.2) is 41.3 Å². The third kappa shape index (κ3) is 4.83. The molecule has 0 radical (unpaired) electrons. The summed E-state index contributed by atoms with van der Waals surface area (Å²) in [5, 5.41) is 7.12. The molecule has 16 heavy (non-hydrogen) atoms. The number of aliphatic carboxylic acids is 1. The minimum Gasteiger partial charge on any atom is -0.475 e. The standard InChI is InChI=1S/C8H15N.C2HF3O2/c1-2-6-9(7-3-1)8-4-5-8;3-2(4,5)1(6)7/h8H,1-7H2;(H,6,7). The fourth-order valence-electron chi connectivity index (χ4n) is 1.72. The number of nitrogens with zero attached hydrogens (tertiary/aromatic N) is 1. The Morgan fingerprint density at radius 2 is 1.56 bits per heavy atom. The Morgan fingerprint density at radius 3 is 1.88 bits per heavy atom. The van der Waals surface area contributed by atoms with Crippen molar-refractivity contribution in [3.8, 4) is 0 Å². The monoisotopic (exact) mass is 239 g/mol. The molecule has 0 unspecified atom stereocenters. The van der Waals surface area contributed by atoms with Crippen LogP contribution >= 0.6 is 0 Å². The molecule has 0 atom stereocenters. The van der Waals surface area contributed by atoms with Gasteiger partial charge in [-0.25, -0.2) is 4.79 Å². The maximum atomic E-state index is 10.6. The highest BCUT2D eigenvalue weighted by Gasteiger charge is 2.38. The summed E-state index contributed by atoms with van der Waals surface area (Å²) in [6.07, 6.45) is 2.27. The molecule has 0 aromatic heterocycles. The molecular formula is C10H16F3NO2. The zero-order chi connectivity index (χ0) is 12.2. The number of carbonyl (C=O) groups is 1. The molecule has 94 valence electrons. The Bertz CT molecular complexity index is 233. The first-order valence-electron chi connectivity index (χ1n) is 5.45. The van der Waals surface area contributed by atoms with Gasteiger partial charge in [-0.3, -0.25) is 0 Å². The van der Waals surface area contributed by atoms with Gasteiger partial charge in [-0.15, -0.1) is 0 Å². The van der Waals surface area contributed by atoms with Crippen LogP contribution in [0.2, 0.25) is 0 Å². The van der Waals surface area contributed by atoms with Gasteiger partial charge in [0.25, 0.3) is 0 Å². The van der Waals surface area contributed by atoms with E-state index in [0.717, 1.165) is 6.04 Å². The van der Waals surface area contributed by atoms with E-state index in [1.54, 1.807) is 0 Å². The number of carboxylic acid groups (broad SMARTS) is 1. The Kier molecular flexibility index (Phi) is 4.58. The van der Waals surface area contributed by atoms with Gasteiger partial charge in [0.2, 0.25) is 0 Å². The molecule has 2 fully saturated rings. The van der Waals surface area contributed by atoms with Crippen LogP contribution in [-0.2, 0) is 4.79 Å². The van der Waals surface area contributed by atoms with Crippen molar-refractivity contribution >= 4 is 5.97 Å². The molecule has 0 aromatic carbocycles. The van der Waals surface area contributed by atoms with Gasteiger partial charge < -0.3 is 10.0 Å². The predicted molar refractivity (Wildman–Crippen MR) is 52.1 cm³/mol. The zero-order valence-corrected chi connectivity index (χ0v) is 8.96. The number of alkyl halides is 3. The van der Waals surface area contributed by atoms with Crippen LogP contribution in [0.3, 0.4) is 0 Å². The number of carboxylic acids is 1. The van der Waals surface area contributed by atoms with Crippen LogP contribution in [0.4, 0.5) is 13.2 Å². The Labute approximate surface area is 92.2 Å². The van der Waals surface area contributed by atoms with Crippen LogP contribution in [0, 0.1) is 0 Å². The third-order valence-electron chi connectivity index (χ3n) is 2.70.